The summed E-state index contributed by atoms with van der Waals surface area (Å²) >= 11 is 0. The summed E-state index contributed by atoms with van der Waals surface area (Å²) in [7, 11) is 0. The van der Waals surface area contributed by atoms with Crippen LogP contribution in [0, 0.1) is 0 Å². The Bertz CT molecular complexity index is 938. The highest BCUT2D eigenvalue weighted by molar-refractivity contribution is 5.93. The van der Waals surface area contributed by atoms with E-state index >= 15 is 0 Å². The number of carbonyl (C=O) groups excluding carboxylic acids is 1. The average Bonchev–Trinajstić information content (AvgIpc) is 3.51. The van der Waals surface area contributed by atoms with Crippen molar-refractivity contribution in [2.45, 2.75) is 33.2 Å². The molecule has 178 valence electrons. The summed E-state index contributed by atoms with van der Waals surface area (Å²) < 4.78 is 10.7. The van der Waals surface area contributed by atoms with Crippen LogP contribution < -0.4 is 16.2 Å². The largest absolute Gasteiger partial charge is 0.465 e. The Kier molecular flexibility index (Phi) is 9.55. The Balaban J connectivity index is 0.00000149. The molecule has 2 aliphatic rings. The molecule has 33 heavy (non-hydrogen) atoms. The van der Waals surface area contributed by atoms with Crippen LogP contribution in [0.5, 0.6) is 0 Å². The summed E-state index contributed by atoms with van der Waals surface area (Å²) in [6.45, 7) is 10.6. The van der Waals surface area contributed by atoms with E-state index in [4.69, 9.17) is 9.15 Å². The SMILES string of the molecule is CC.CC1CC(=Nc2cc(C(=O)NCCN3CCOCC3)nc(/C=C/c3ccco3)n2)NN1. The molecular weight excluding hydrogens is 422 g/mol. The lowest BCUT2D eigenvalue weighted by atomic mass is 10.2. The maximum absolute atomic E-state index is 12.7. The van der Waals surface area contributed by atoms with Crippen LogP contribution in [0.25, 0.3) is 12.2 Å². The molecule has 3 N–H and O–H groups in total. The standard InChI is InChI=1S/C21H27N7O3.C2H6/c1-15-13-20(27-26-15)25-19-14-17(21(29)22-6-7-28-8-11-30-12-9-28)23-18(24-19)5-4-16-3-2-10-31-16;1-2/h2-5,10,14-15,26H,6-9,11-13H2,1H3,(H,22,29)(H,23,24,25,27);1-2H3/b5-4+;. The van der Waals surface area contributed by atoms with E-state index in [9.17, 15) is 4.79 Å². The molecule has 2 aliphatic heterocycles. The highest BCUT2D eigenvalue weighted by Gasteiger charge is 2.17. The second-order valence-electron chi connectivity index (χ2n) is 7.46. The Morgan fingerprint density at radius 2 is 2.12 bits per heavy atom. The van der Waals surface area contributed by atoms with Crippen LogP contribution in [0.4, 0.5) is 5.82 Å². The minimum atomic E-state index is -0.254. The first-order valence-electron chi connectivity index (χ1n) is 11.4. The third kappa shape index (κ3) is 7.77. The van der Waals surface area contributed by atoms with Crippen molar-refractivity contribution in [3.05, 3.63) is 41.7 Å². The first-order valence-corrected chi connectivity index (χ1v) is 11.4. The van der Waals surface area contributed by atoms with E-state index in [-0.39, 0.29) is 17.6 Å². The van der Waals surface area contributed by atoms with E-state index in [1.807, 2.05) is 19.9 Å². The number of amides is 1. The number of morpholine rings is 1. The van der Waals surface area contributed by atoms with Gasteiger partial charge in [-0.2, -0.15) is 0 Å². The van der Waals surface area contributed by atoms with Crippen molar-refractivity contribution in [2.24, 2.45) is 4.99 Å². The molecular formula is C23H33N7O3. The number of carbonyl (C=O) groups is 1. The van der Waals surface area contributed by atoms with Gasteiger partial charge >= 0.3 is 0 Å². The maximum Gasteiger partial charge on any atom is 0.270 e. The lowest BCUT2D eigenvalue weighted by Crippen LogP contribution is -2.41. The molecule has 4 rings (SSSR count). The fourth-order valence-electron chi connectivity index (χ4n) is 3.30. The molecule has 1 atom stereocenters. The first kappa shape index (κ1) is 24.6. The minimum absolute atomic E-state index is 0.254. The molecule has 4 heterocycles. The van der Waals surface area contributed by atoms with Gasteiger partial charge in [0.05, 0.1) is 19.5 Å². The van der Waals surface area contributed by atoms with E-state index in [1.54, 1.807) is 30.5 Å². The molecule has 1 unspecified atom stereocenters. The fourth-order valence-corrected chi connectivity index (χ4v) is 3.30. The van der Waals surface area contributed by atoms with Crippen LogP contribution in [0.15, 0.2) is 33.9 Å². The lowest BCUT2D eigenvalue weighted by Gasteiger charge is -2.26. The molecule has 2 fully saturated rings. The van der Waals surface area contributed by atoms with Crippen LogP contribution in [0.2, 0.25) is 0 Å². The Morgan fingerprint density at radius 1 is 1.30 bits per heavy atom. The van der Waals surface area contributed by atoms with E-state index in [2.05, 4.69) is 43.0 Å². The number of furan rings is 1. The van der Waals surface area contributed by atoms with Crippen LogP contribution >= 0.6 is 0 Å². The van der Waals surface area contributed by atoms with E-state index in [1.165, 1.54) is 0 Å². The normalized spacial score (nSPS) is 19.8. The highest BCUT2D eigenvalue weighted by atomic mass is 16.5. The number of hydrogen-bond acceptors (Lipinski definition) is 8. The highest BCUT2D eigenvalue weighted by Crippen LogP contribution is 2.15. The molecule has 2 saturated heterocycles. The van der Waals surface area contributed by atoms with Crippen LogP contribution in [-0.2, 0) is 4.74 Å². The smallest absolute Gasteiger partial charge is 0.270 e. The van der Waals surface area contributed by atoms with Crippen LogP contribution in [0.3, 0.4) is 0 Å². The predicted octanol–water partition coefficient (Wildman–Crippen LogP) is 2.24. The van der Waals surface area contributed by atoms with Gasteiger partial charge in [-0.05, 0) is 31.2 Å². The zero-order chi connectivity index (χ0) is 23.5. The van der Waals surface area contributed by atoms with Crippen molar-refractivity contribution >= 4 is 29.7 Å². The molecule has 2 aromatic rings. The van der Waals surface area contributed by atoms with Gasteiger partial charge in [0.1, 0.15) is 17.3 Å². The lowest BCUT2D eigenvalue weighted by molar-refractivity contribution is 0.0383. The molecule has 0 radical (unpaired) electrons. The summed E-state index contributed by atoms with van der Waals surface area (Å²) in [6.07, 6.45) is 5.80. The number of amidine groups is 1. The number of hydrazine groups is 1. The Labute approximate surface area is 194 Å². The Morgan fingerprint density at radius 3 is 2.82 bits per heavy atom. The predicted molar refractivity (Wildman–Crippen MR) is 128 cm³/mol. The maximum atomic E-state index is 12.7. The van der Waals surface area contributed by atoms with E-state index < -0.39 is 0 Å². The molecule has 0 spiro atoms. The van der Waals surface area contributed by atoms with Gasteiger partial charge in [0.2, 0.25) is 0 Å². The van der Waals surface area contributed by atoms with Gasteiger partial charge in [-0.15, -0.1) is 0 Å². The summed E-state index contributed by atoms with van der Waals surface area (Å²) in [5.74, 6) is 2.00. The van der Waals surface area contributed by atoms with Gasteiger partial charge in [0.15, 0.2) is 11.6 Å². The second kappa shape index (κ2) is 12.8. The number of aromatic nitrogens is 2. The molecule has 0 aliphatic carbocycles. The number of aliphatic imine (C=N–C) groups is 1. The van der Waals surface area contributed by atoms with Crippen molar-refractivity contribution in [1.82, 2.24) is 31.0 Å². The Hall–Kier alpha value is -3.08. The molecule has 2 aromatic heterocycles. The quantitative estimate of drug-likeness (QED) is 0.582. The number of nitrogens with one attached hydrogen (secondary N) is 3. The number of hydrogen-bond donors (Lipinski definition) is 3. The van der Waals surface area contributed by atoms with Crippen LogP contribution in [0.1, 0.15) is 49.3 Å². The third-order valence-corrected chi connectivity index (χ3v) is 4.93. The zero-order valence-corrected chi connectivity index (χ0v) is 19.5. The van der Waals surface area contributed by atoms with Gasteiger partial charge in [-0.25, -0.2) is 20.4 Å². The minimum Gasteiger partial charge on any atom is -0.465 e. The number of ether oxygens (including phenoxy) is 1. The summed E-state index contributed by atoms with van der Waals surface area (Å²) in [4.78, 5) is 28.4. The summed E-state index contributed by atoms with van der Waals surface area (Å²) in [6, 6.07) is 5.51. The van der Waals surface area contributed by atoms with Crippen LogP contribution in [-0.4, -0.2) is 72.0 Å². The topological polar surface area (TPSA) is 117 Å². The third-order valence-electron chi connectivity index (χ3n) is 4.93. The second-order valence-corrected chi connectivity index (χ2v) is 7.46. The average molecular weight is 456 g/mol. The van der Waals surface area contributed by atoms with Crippen molar-refractivity contribution in [3.63, 3.8) is 0 Å². The molecule has 0 bridgehead atoms. The zero-order valence-electron chi connectivity index (χ0n) is 19.5. The van der Waals surface area contributed by atoms with E-state index in [0.717, 1.165) is 45.1 Å². The van der Waals surface area contributed by atoms with Crippen molar-refractivity contribution in [2.75, 3.05) is 39.4 Å². The van der Waals surface area contributed by atoms with Gasteiger partial charge in [-0.3, -0.25) is 9.69 Å². The molecule has 10 heteroatoms. The molecule has 10 nitrogen and oxygen atoms in total. The van der Waals surface area contributed by atoms with Crippen molar-refractivity contribution in [3.8, 4) is 0 Å². The molecule has 0 saturated carbocycles. The van der Waals surface area contributed by atoms with Crippen molar-refractivity contribution < 1.29 is 13.9 Å². The van der Waals surface area contributed by atoms with E-state index in [0.29, 0.717) is 23.9 Å². The number of nitrogens with zero attached hydrogens (tertiary/aromatic N) is 4. The fraction of sp³-hybridized carbons (Fsp3) is 0.478. The number of rotatable bonds is 7. The van der Waals surface area contributed by atoms with Gasteiger partial charge in [0, 0.05) is 44.7 Å². The first-order chi connectivity index (χ1) is 16.2. The summed E-state index contributed by atoms with van der Waals surface area (Å²) in [5.41, 5.74) is 6.41. The van der Waals surface area contributed by atoms with Gasteiger partial charge in [-0.1, -0.05) is 13.8 Å². The summed E-state index contributed by atoms with van der Waals surface area (Å²) in [5, 5.41) is 2.94. The van der Waals surface area contributed by atoms with Gasteiger partial charge in [0.25, 0.3) is 5.91 Å². The monoisotopic (exact) mass is 455 g/mol. The molecule has 1 amide bonds. The van der Waals surface area contributed by atoms with Crippen molar-refractivity contribution in [1.29, 1.82) is 0 Å². The molecule has 0 aromatic carbocycles. The van der Waals surface area contributed by atoms with Gasteiger partial charge < -0.3 is 19.9 Å².